The highest BCUT2D eigenvalue weighted by atomic mass is 33.1. The van der Waals surface area contributed by atoms with Gasteiger partial charge in [0.25, 0.3) is 0 Å². The molecule has 3 fully saturated rings. The molecule has 0 saturated carbocycles. The number of hydrogen-bond acceptors (Lipinski definition) is 6. The predicted octanol–water partition coefficient (Wildman–Crippen LogP) is 2.33. The minimum Gasteiger partial charge on any atom is -0.480 e. The van der Waals surface area contributed by atoms with Crippen LogP contribution in [0.25, 0.3) is 0 Å². The summed E-state index contributed by atoms with van der Waals surface area (Å²) < 4.78 is -0.553. The van der Waals surface area contributed by atoms with Crippen LogP contribution in [0.5, 0.6) is 0 Å². The smallest absolute Gasteiger partial charge is 0.327 e. The number of carboxylic acids is 1. The summed E-state index contributed by atoms with van der Waals surface area (Å²) in [6, 6.07) is -1.41. The Morgan fingerprint density at radius 2 is 2.12 bits per heavy atom. The van der Waals surface area contributed by atoms with Crippen molar-refractivity contribution in [2.45, 2.75) is 73.4 Å². The molecule has 3 heterocycles. The van der Waals surface area contributed by atoms with Gasteiger partial charge in [0, 0.05) is 22.2 Å². The summed E-state index contributed by atoms with van der Waals surface area (Å²) in [5.41, 5.74) is 0. The molecule has 3 saturated heterocycles. The number of carbonyl (C=O) groups excluding carboxylic acids is 2. The predicted molar refractivity (Wildman–Crippen MR) is 103 cm³/mol. The number of hydrogen-bond donors (Lipinski definition) is 2. The van der Waals surface area contributed by atoms with E-state index in [9.17, 15) is 19.5 Å². The Balaban J connectivity index is 1.44. The van der Waals surface area contributed by atoms with Gasteiger partial charge in [-0.1, -0.05) is 28.0 Å². The second-order valence-electron chi connectivity index (χ2n) is 7.22. The Hall–Kier alpha value is -0.540. The number of unbranched alkanes of at least 4 members (excludes halogenated alkanes) is 1. The summed E-state index contributed by atoms with van der Waals surface area (Å²) in [5.74, 6) is -0.143. The number of rotatable bonds is 7. The average molecular weight is 405 g/mol. The summed E-state index contributed by atoms with van der Waals surface area (Å²) in [6.07, 6.45) is 4.70. The van der Waals surface area contributed by atoms with Crippen molar-refractivity contribution >= 4 is 51.1 Å². The molecule has 1 unspecified atom stereocenters. The highest BCUT2D eigenvalue weighted by Crippen LogP contribution is 2.50. The van der Waals surface area contributed by atoms with E-state index in [1.165, 1.54) is 28.8 Å². The van der Waals surface area contributed by atoms with E-state index in [1.807, 2.05) is 35.4 Å². The van der Waals surface area contributed by atoms with E-state index in [0.29, 0.717) is 6.42 Å². The lowest BCUT2D eigenvalue weighted by Crippen LogP contribution is -2.70. The third kappa shape index (κ3) is 3.93. The van der Waals surface area contributed by atoms with E-state index >= 15 is 0 Å². The zero-order valence-electron chi connectivity index (χ0n) is 14.4. The average Bonchev–Trinajstić information content (AvgIpc) is 3.13. The first-order valence-corrected chi connectivity index (χ1v) is 11.9. The highest BCUT2D eigenvalue weighted by molar-refractivity contribution is 8.77. The number of carboxylic acid groups (broad SMARTS) is 1. The minimum absolute atomic E-state index is 0.108. The van der Waals surface area contributed by atoms with Gasteiger partial charge in [0.2, 0.25) is 11.8 Å². The zero-order chi connectivity index (χ0) is 18.2. The number of fused-ring (bicyclic) bond motifs is 1. The Bertz CT molecular complexity index is 566. The van der Waals surface area contributed by atoms with Crippen molar-refractivity contribution in [3.8, 4) is 0 Å². The van der Waals surface area contributed by atoms with Crippen molar-refractivity contribution in [1.29, 1.82) is 0 Å². The Kier molecular flexibility index (Phi) is 5.85. The molecule has 0 bridgehead atoms. The van der Waals surface area contributed by atoms with E-state index < -0.39 is 22.8 Å². The highest BCUT2D eigenvalue weighted by Gasteiger charge is 2.64. The van der Waals surface area contributed by atoms with Crippen LogP contribution in [0.1, 0.15) is 46.0 Å². The summed E-state index contributed by atoms with van der Waals surface area (Å²) >= 11 is 1.46. The number of β-lactam (4-membered cyclic amide) rings is 1. The maximum atomic E-state index is 12.3. The number of aliphatic carboxylic acids is 1. The van der Waals surface area contributed by atoms with Gasteiger partial charge in [-0.3, -0.25) is 9.59 Å². The van der Waals surface area contributed by atoms with Gasteiger partial charge in [0.05, 0.1) is 0 Å². The summed E-state index contributed by atoms with van der Waals surface area (Å²) in [4.78, 5) is 37.3. The van der Waals surface area contributed by atoms with Gasteiger partial charge in [-0.2, -0.15) is 0 Å². The Morgan fingerprint density at radius 3 is 2.76 bits per heavy atom. The fourth-order valence-electron chi connectivity index (χ4n) is 3.61. The standard InChI is InChI=1S/C16H24N2O4S3/c1-16(2)12(15(21)22)18-13(20)11(14(18)24-16)17-10(19)6-4-3-5-9-7-8-23-25-9/h9,11-12,14H,3-8H2,1-2H3,(H,17,19)(H,21,22)/t9?,11-,12+,14-/m1/s1. The molecule has 9 heteroatoms. The topological polar surface area (TPSA) is 86.7 Å². The molecule has 140 valence electrons. The molecule has 2 N–H and O–H groups in total. The molecule has 2 amide bonds. The Morgan fingerprint density at radius 1 is 1.36 bits per heavy atom. The SMILES string of the molecule is CC1(C)S[C@@H]2[C@H](NC(=O)CCCCC3CCSS3)C(=O)N2[C@H]1C(=O)O. The molecule has 0 radical (unpaired) electrons. The molecule has 3 aliphatic rings. The molecule has 3 rings (SSSR count). The van der Waals surface area contributed by atoms with Crippen LogP contribution in [0, 0.1) is 0 Å². The molecule has 3 aliphatic heterocycles. The number of thioether (sulfide) groups is 1. The molecular weight excluding hydrogens is 380 g/mol. The van der Waals surface area contributed by atoms with Crippen molar-refractivity contribution in [2.24, 2.45) is 0 Å². The maximum Gasteiger partial charge on any atom is 0.327 e. The molecule has 0 aliphatic carbocycles. The normalized spacial score (nSPS) is 33.0. The summed E-state index contributed by atoms with van der Waals surface area (Å²) in [5, 5.41) is 12.7. The third-order valence-electron chi connectivity index (χ3n) is 4.90. The molecule has 6 nitrogen and oxygen atoms in total. The lowest BCUT2D eigenvalue weighted by atomic mass is 9.96. The number of amides is 2. The molecule has 0 spiro atoms. The van der Waals surface area contributed by atoms with Gasteiger partial charge in [-0.15, -0.1) is 11.8 Å². The van der Waals surface area contributed by atoms with Crippen molar-refractivity contribution < 1.29 is 19.5 Å². The van der Waals surface area contributed by atoms with Gasteiger partial charge in [-0.05, 0) is 33.1 Å². The fourth-order valence-corrected chi connectivity index (χ4v) is 8.27. The molecule has 4 atom stereocenters. The molecule has 0 aromatic carbocycles. The van der Waals surface area contributed by atoms with Gasteiger partial charge in [-0.25, -0.2) is 4.79 Å². The monoisotopic (exact) mass is 404 g/mol. The summed E-state index contributed by atoms with van der Waals surface area (Å²) in [7, 11) is 3.88. The quantitative estimate of drug-likeness (QED) is 0.383. The number of carbonyl (C=O) groups is 3. The van der Waals surface area contributed by atoms with Crippen LogP contribution in [0.2, 0.25) is 0 Å². The first-order chi connectivity index (χ1) is 11.8. The number of nitrogens with zero attached hydrogens (tertiary/aromatic N) is 1. The minimum atomic E-state index is -0.985. The van der Waals surface area contributed by atoms with Gasteiger partial charge < -0.3 is 15.3 Å². The van der Waals surface area contributed by atoms with Gasteiger partial charge in [0.1, 0.15) is 17.5 Å². The van der Waals surface area contributed by atoms with Crippen LogP contribution in [-0.2, 0) is 14.4 Å². The third-order valence-corrected chi connectivity index (χ3v) is 9.48. The lowest BCUT2D eigenvalue weighted by Gasteiger charge is -2.43. The number of nitrogens with one attached hydrogen (secondary N) is 1. The molecular formula is C16H24N2O4S3. The van der Waals surface area contributed by atoms with E-state index in [-0.39, 0.29) is 17.2 Å². The van der Waals surface area contributed by atoms with E-state index in [1.54, 1.807) is 0 Å². The zero-order valence-corrected chi connectivity index (χ0v) is 16.8. The fraction of sp³-hybridized carbons (Fsp3) is 0.812. The molecule has 25 heavy (non-hydrogen) atoms. The van der Waals surface area contributed by atoms with E-state index in [2.05, 4.69) is 5.32 Å². The van der Waals surface area contributed by atoms with Crippen molar-refractivity contribution in [3.05, 3.63) is 0 Å². The molecule has 0 aromatic heterocycles. The molecule has 0 aromatic rings. The van der Waals surface area contributed by atoms with E-state index in [4.69, 9.17) is 0 Å². The second-order valence-corrected chi connectivity index (χ2v) is 11.8. The first-order valence-electron chi connectivity index (χ1n) is 8.61. The van der Waals surface area contributed by atoms with Crippen LogP contribution in [0.3, 0.4) is 0 Å². The van der Waals surface area contributed by atoms with Crippen LogP contribution in [0.15, 0.2) is 0 Å². The van der Waals surface area contributed by atoms with Gasteiger partial charge >= 0.3 is 5.97 Å². The maximum absolute atomic E-state index is 12.3. The van der Waals surface area contributed by atoms with Crippen LogP contribution in [-0.4, -0.2) is 61.0 Å². The van der Waals surface area contributed by atoms with Crippen molar-refractivity contribution in [1.82, 2.24) is 10.2 Å². The van der Waals surface area contributed by atoms with Crippen LogP contribution in [0.4, 0.5) is 0 Å². The van der Waals surface area contributed by atoms with Crippen molar-refractivity contribution in [3.63, 3.8) is 0 Å². The Labute approximate surface area is 160 Å². The largest absolute Gasteiger partial charge is 0.480 e. The van der Waals surface area contributed by atoms with Crippen molar-refractivity contribution in [2.75, 3.05) is 5.75 Å². The van der Waals surface area contributed by atoms with Crippen LogP contribution >= 0.6 is 33.3 Å². The lowest BCUT2D eigenvalue weighted by molar-refractivity contribution is -0.161. The van der Waals surface area contributed by atoms with Crippen LogP contribution < -0.4 is 5.32 Å². The first kappa shape index (κ1) is 19.2. The van der Waals surface area contributed by atoms with E-state index in [0.717, 1.165) is 24.5 Å². The second kappa shape index (κ2) is 7.60. The summed E-state index contributed by atoms with van der Waals surface area (Å²) in [6.45, 7) is 3.67. The van der Waals surface area contributed by atoms with Gasteiger partial charge in [0.15, 0.2) is 0 Å².